The summed E-state index contributed by atoms with van der Waals surface area (Å²) in [5, 5.41) is 13.7. The van der Waals surface area contributed by atoms with Crippen LogP contribution in [0.25, 0.3) is 0 Å². The summed E-state index contributed by atoms with van der Waals surface area (Å²) in [5.74, 6) is 0. The molecule has 0 N–H and O–H groups in total. The standard InChI is InChI=1S/C8H14N2.C7H11BrN2.C7H12N2/c1-5-8-6(2)9-10(4)7(8)3;1-5-7(4-8)6(2)10(3)9-5;1-5-6(2)8-9(4)7(5)3/h5H2,1-4H3;4H2,1-3H3;1-4H3. The second-order valence-electron chi connectivity index (χ2n) is 7.45. The number of hydrogen-bond donors (Lipinski definition) is 0. The average Bonchev–Trinajstić information content (AvgIpc) is 3.15. The number of nitrogens with zero attached hydrogens (tertiary/aromatic N) is 6. The van der Waals surface area contributed by atoms with Crippen LogP contribution in [0.2, 0.25) is 0 Å². The summed E-state index contributed by atoms with van der Waals surface area (Å²) in [6, 6.07) is 0. The van der Waals surface area contributed by atoms with E-state index in [1.54, 1.807) is 0 Å². The largest absolute Gasteiger partial charge is 0.272 e. The lowest BCUT2D eigenvalue weighted by Crippen LogP contribution is -1.93. The van der Waals surface area contributed by atoms with Crippen LogP contribution in [0.4, 0.5) is 0 Å². The third-order valence-corrected chi connectivity index (χ3v) is 6.24. The van der Waals surface area contributed by atoms with Crippen molar-refractivity contribution in [3.8, 4) is 0 Å². The Balaban J connectivity index is 0.000000218. The number of hydrogen-bond acceptors (Lipinski definition) is 3. The predicted octanol–water partition coefficient (Wildman–Crippen LogP) is 4.88. The van der Waals surface area contributed by atoms with Crippen LogP contribution in [0.3, 0.4) is 0 Å². The van der Waals surface area contributed by atoms with E-state index in [0.717, 1.165) is 23.1 Å². The number of halogens is 1. The van der Waals surface area contributed by atoms with E-state index in [1.165, 1.54) is 39.5 Å². The zero-order valence-corrected chi connectivity index (χ0v) is 21.6. The monoisotopic (exact) mass is 464 g/mol. The lowest BCUT2D eigenvalue weighted by Gasteiger charge is -1.94. The van der Waals surface area contributed by atoms with Gasteiger partial charge in [-0.25, -0.2) is 0 Å². The molecule has 6 nitrogen and oxygen atoms in total. The van der Waals surface area contributed by atoms with Gasteiger partial charge in [0, 0.05) is 49.1 Å². The Morgan fingerprint density at radius 2 is 1.00 bits per heavy atom. The molecule has 3 rings (SSSR count). The van der Waals surface area contributed by atoms with Crippen molar-refractivity contribution in [3.05, 3.63) is 50.9 Å². The first-order valence-electron chi connectivity index (χ1n) is 9.96. The molecule has 3 aromatic rings. The van der Waals surface area contributed by atoms with E-state index >= 15 is 0 Å². The second kappa shape index (κ2) is 10.8. The van der Waals surface area contributed by atoms with E-state index in [9.17, 15) is 0 Å². The molecule has 0 fully saturated rings. The summed E-state index contributed by atoms with van der Waals surface area (Å²) in [5.41, 5.74) is 11.2. The summed E-state index contributed by atoms with van der Waals surface area (Å²) < 4.78 is 5.75. The maximum Gasteiger partial charge on any atom is 0.0636 e. The fourth-order valence-electron chi connectivity index (χ4n) is 3.22. The molecule has 0 aliphatic carbocycles. The van der Waals surface area contributed by atoms with Crippen molar-refractivity contribution in [2.45, 2.75) is 67.1 Å². The molecule has 0 atom stereocenters. The topological polar surface area (TPSA) is 53.5 Å². The van der Waals surface area contributed by atoms with Gasteiger partial charge in [-0.2, -0.15) is 15.3 Å². The quantitative estimate of drug-likeness (QED) is 0.507. The van der Waals surface area contributed by atoms with Gasteiger partial charge < -0.3 is 0 Å². The molecule has 0 amide bonds. The number of alkyl halides is 1. The van der Waals surface area contributed by atoms with Gasteiger partial charge in [0.2, 0.25) is 0 Å². The lowest BCUT2D eigenvalue weighted by molar-refractivity contribution is 0.730. The third-order valence-electron chi connectivity index (χ3n) is 5.68. The summed E-state index contributed by atoms with van der Waals surface area (Å²) in [6.07, 6.45) is 1.09. The highest BCUT2D eigenvalue weighted by Crippen LogP contribution is 2.14. The van der Waals surface area contributed by atoms with Gasteiger partial charge in [0.1, 0.15) is 0 Å². The van der Waals surface area contributed by atoms with E-state index in [1.807, 2.05) is 49.0 Å². The Labute approximate surface area is 184 Å². The van der Waals surface area contributed by atoms with Crippen LogP contribution in [0.5, 0.6) is 0 Å². The molecule has 0 unspecified atom stereocenters. The van der Waals surface area contributed by atoms with Crippen molar-refractivity contribution in [3.63, 3.8) is 0 Å². The van der Waals surface area contributed by atoms with Crippen LogP contribution >= 0.6 is 15.9 Å². The Kier molecular flexibility index (Phi) is 9.33. The Bertz CT molecular complexity index is 871. The van der Waals surface area contributed by atoms with Crippen LogP contribution in [0.15, 0.2) is 0 Å². The zero-order chi connectivity index (χ0) is 22.5. The smallest absolute Gasteiger partial charge is 0.0636 e. The van der Waals surface area contributed by atoms with E-state index in [2.05, 4.69) is 72.8 Å². The van der Waals surface area contributed by atoms with Crippen molar-refractivity contribution >= 4 is 15.9 Å². The van der Waals surface area contributed by atoms with Gasteiger partial charge in [0.25, 0.3) is 0 Å². The minimum atomic E-state index is 0.901. The van der Waals surface area contributed by atoms with Gasteiger partial charge in [0.05, 0.1) is 17.1 Å². The highest BCUT2D eigenvalue weighted by molar-refractivity contribution is 9.08. The maximum atomic E-state index is 4.30. The highest BCUT2D eigenvalue weighted by atomic mass is 79.9. The van der Waals surface area contributed by atoms with E-state index < -0.39 is 0 Å². The van der Waals surface area contributed by atoms with Crippen molar-refractivity contribution in [1.29, 1.82) is 0 Å². The fourth-order valence-corrected chi connectivity index (χ4v) is 4.03. The highest BCUT2D eigenvalue weighted by Gasteiger charge is 2.06. The van der Waals surface area contributed by atoms with Gasteiger partial charge in [-0.15, -0.1) is 0 Å². The average molecular weight is 465 g/mol. The van der Waals surface area contributed by atoms with E-state index in [-0.39, 0.29) is 0 Å². The van der Waals surface area contributed by atoms with Crippen LogP contribution in [-0.2, 0) is 32.9 Å². The van der Waals surface area contributed by atoms with Gasteiger partial charge in [0.15, 0.2) is 0 Å². The first kappa shape index (κ1) is 25.1. The number of rotatable bonds is 2. The molecule has 7 heteroatoms. The first-order valence-corrected chi connectivity index (χ1v) is 11.1. The minimum Gasteiger partial charge on any atom is -0.272 e. The summed E-state index contributed by atoms with van der Waals surface area (Å²) in [6.45, 7) is 16.6. The molecule has 29 heavy (non-hydrogen) atoms. The van der Waals surface area contributed by atoms with Crippen LogP contribution in [0.1, 0.15) is 57.8 Å². The van der Waals surface area contributed by atoms with Gasteiger partial charge >= 0.3 is 0 Å². The fraction of sp³-hybridized carbons (Fsp3) is 0.591. The molecule has 162 valence electrons. The SMILES string of the molecule is CCc1c(C)nn(C)c1C.Cc1nn(C)c(C)c1C.Cc1nn(C)c(C)c1CBr. The first-order chi connectivity index (χ1) is 13.5. The van der Waals surface area contributed by atoms with Crippen molar-refractivity contribution in [2.75, 3.05) is 0 Å². The molecule has 0 spiro atoms. The minimum absolute atomic E-state index is 0.901. The van der Waals surface area contributed by atoms with Gasteiger partial charge in [-0.1, -0.05) is 22.9 Å². The van der Waals surface area contributed by atoms with Crippen molar-refractivity contribution in [1.82, 2.24) is 29.3 Å². The molecule has 0 saturated heterocycles. The maximum absolute atomic E-state index is 4.30. The van der Waals surface area contributed by atoms with Crippen LogP contribution in [0, 0.1) is 48.5 Å². The van der Waals surface area contributed by atoms with Crippen molar-refractivity contribution < 1.29 is 0 Å². The molecule has 3 aromatic heterocycles. The van der Waals surface area contributed by atoms with Crippen molar-refractivity contribution in [2.24, 2.45) is 21.1 Å². The van der Waals surface area contributed by atoms with E-state index in [0.29, 0.717) is 0 Å². The van der Waals surface area contributed by atoms with Gasteiger partial charge in [-0.3, -0.25) is 14.0 Å². The van der Waals surface area contributed by atoms with Crippen LogP contribution in [-0.4, -0.2) is 29.3 Å². The summed E-state index contributed by atoms with van der Waals surface area (Å²) in [7, 11) is 5.92. The molecular weight excluding hydrogens is 428 g/mol. The Hall–Kier alpha value is -1.89. The second-order valence-corrected chi connectivity index (χ2v) is 8.01. The molecule has 3 heterocycles. The third kappa shape index (κ3) is 6.04. The number of aryl methyl sites for hydroxylation is 6. The molecular formula is C22H37BrN6. The number of aromatic nitrogens is 6. The van der Waals surface area contributed by atoms with E-state index in [4.69, 9.17) is 0 Å². The molecule has 0 bridgehead atoms. The summed E-state index contributed by atoms with van der Waals surface area (Å²) >= 11 is 3.42. The molecule has 0 aliphatic rings. The summed E-state index contributed by atoms with van der Waals surface area (Å²) in [4.78, 5) is 0. The molecule has 0 aliphatic heterocycles. The Morgan fingerprint density at radius 3 is 1.14 bits per heavy atom. The normalized spacial score (nSPS) is 10.3. The lowest BCUT2D eigenvalue weighted by atomic mass is 10.1. The Morgan fingerprint density at radius 1 is 0.621 bits per heavy atom. The van der Waals surface area contributed by atoms with Crippen LogP contribution < -0.4 is 0 Å². The molecule has 0 saturated carbocycles. The molecule has 0 aromatic carbocycles. The van der Waals surface area contributed by atoms with Gasteiger partial charge in [-0.05, 0) is 66.0 Å². The zero-order valence-electron chi connectivity index (χ0n) is 20.0. The molecule has 0 radical (unpaired) electrons. The predicted molar refractivity (Wildman–Crippen MR) is 125 cm³/mol.